The molecule has 1 heterocycles. The Morgan fingerprint density at radius 1 is 1.19 bits per heavy atom. The van der Waals surface area contributed by atoms with Gasteiger partial charge in [-0.3, -0.25) is 0 Å². The summed E-state index contributed by atoms with van der Waals surface area (Å²) in [7, 11) is 0. The lowest BCUT2D eigenvalue weighted by atomic mass is 9.84. The van der Waals surface area contributed by atoms with E-state index in [0.717, 1.165) is 36.7 Å². The van der Waals surface area contributed by atoms with Crippen LogP contribution >= 0.6 is 0 Å². The lowest BCUT2D eigenvalue weighted by Gasteiger charge is -2.23. The zero-order chi connectivity index (χ0) is 14.7. The Bertz CT molecular complexity index is 457. The van der Waals surface area contributed by atoms with E-state index in [9.17, 15) is 0 Å². The molecule has 1 fully saturated rings. The van der Waals surface area contributed by atoms with Crippen LogP contribution in [0, 0.1) is 17.8 Å². The second-order valence-corrected chi connectivity index (χ2v) is 7.28. The first-order valence-electron chi connectivity index (χ1n) is 8.66. The van der Waals surface area contributed by atoms with Crippen molar-refractivity contribution in [2.45, 2.75) is 45.4 Å². The van der Waals surface area contributed by atoms with Gasteiger partial charge in [-0.25, -0.2) is 0 Å². The molecule has 1 aromatic carbocycles. The second kappa shape index (κ2) is 6.83. The molecule has 0 radical (unpaired) electrons. The molecule has 1 N–H and O–H groups in total. The van der Waals surface area contributed by atoms with E-state index in [1.54, 1.807) is 0 Å². The monoisotopic (exact) mass is 287 g/mol. The van der Waals surface area contributed by atoms with Gasteiger partial charge in [-0.1, -0.05) is 44.9 Å². The van der Waals surface area contributed by atoms with E-state index in [1.807, 2.05) is 0 Å². The van der Waals surface area contributed by atoms with Gasteiger partial charge in [0, 0.05) is 11.5 Å². The molecular weight excluding hydrogens is 258 g/mol. The Hall–Kier alpha value is -1.02. The molecule has 116 valence electrons. The SMILES string of the molecule is CC(C)CNCC1CCCC1CC1COc2ccccc21. The summed E-state index contributed by atoms with van der Waals surface area (Å²) in [4.78, 5) is 0. The highest BCUT2D eigenvalue weighted by Crippen LogP contribution is 2.42. The average Bonchev–Trinajstić information content (AvgIpc) is 3.07. The van der Waals surface area contributed by atoms with Crippen molar-refractivity contribution in [1.29, 1.82) is 0 Å². The number of nitrogens with one attached hydrogen (secondary N) is 1. The molecule has 1 saturated carbocycles. The molecule has 3 rings (SSSR count). The Kier molecular flexibility index (Phi) is 4.84. The van der Waals surface area contributed by atoms with E-state index < -0.39 is 0 Å². The number of hydrogen-bond acceptors (Lipinski definition) is 2. The Labute approximate surface area is 129 Å². The van der Waals surface area contributed by atoms with Crippen molar-refractivity contribution in [3.63, 3.8) is 0 Å². The normalized spacial score (nSPS) is 27.9. The molecule has 2 nitrogen and oxygen atoms in total. The largest absolute Gasteiger partial charge is 0.493 e. The smallest absolute Gasteiger partial charge is 0.122 e. The van der Waals surface area contributed by atoms with Crippen LogP contribution in [-0.2, 0) is 0 Å². The maximum Gasteiger partial charge on any atom is 0.122 e. The van der Waals surface area contributed by atoms with Gasteiger partial charge in [0.2, 0.25) is 0 Å². The topological polar surface area (TPSA) is 21.3 Å². The molecule has 0 saturated heterocycles. The molecule has 1 aliphatic heterocycles. The number of para-hydroxylation sites is 1. The summed E-state index contributed by atoms with van der Waals surface area (Å²) in [6.45, 7) is 7.82. The van der Waals surface area contributed by atoms with E-state index in [-0.39, 0.29) is 0 Å². The van der Waals surface area contributed by atoms with Gasteiger partial charge in [0.25, 0.3) is 0 Å². The Morgan fingerprint density at radius 3 is 2.86 bits per heavy atom. The number of fused-ring (bicyclic) bond motifs is 1. The van der Waals surface area contributed by atoms with Crippen LogP contribution in [0.4, 0.5) is 0 Å². The zero-order valence-corrected chi connectivity index (χ0v) is 13.5. The van der Waals surface area contributed by atoms with Gasteiger partial charge in [-0.05, 0) is 49.8 Å². The fourth-order valence-corrected chi connectivity index (χ4v) is 4.04. The molecule has 0 amide bonds. The van der Waals surface area contributed by atoms with E-state index in [4.69, 9.17) is 4.74 Å². The van der Waals surface area contributed by atoms with Crippen LogP contribution in [0.25, 0.3) is 0 Å². The van der Waals surface area contributed by atoms with E-state index >= 15 is 0 Å². The fourth-order valence-electron chi connectivity index (χ4n) is 4.04. The summed E-state index contributed by atoms with van der Waals surface area (Å²) in [5.74, 6) is 4.24. The second-order valence-electron chi connectivity index (χ2n) is 7.28. The summed E-state index contributed by atoms with van der Waals surface area (Å²) in [5.41, 5.74) is 1.44. The van der Waals surface area contributed by atoms with Crippen molar-refractivity contribution in [1.82, 2.24) is 5.32 Å². The highest BCUT2D eigenvalue weighted by atomic mass is 16.5. The van der Waals surface area contributed by atoms with E-state index in [1.165, 1.54) is 37.8 Å². The summed E-state index contributed by atoms with van der Waals surface area (Å²) in [5, 5.41) is 3.67. The van der Waals surface area contributed by atoms with Gasteiger partial charge in [0.1, 0.15) is 5.75 Å². The standard InChI is InChI=1S/C19H29NO/c1-14(2)11-20-12-16-7-5-6-15(16)10-17-13-21-19-9-4-3-8-18(17)19/h3-4,8-9,14-17,20H,5-7,10-13H2,1-2H3. The van der Waals surface area contributed by atoms with Crippen molar-refractivity contribution in [3.05, 3.63) is 29.8 Å². The van der Waals surface area contributed by atoms with Crippen LogP contribution in [0.1, 0.15) is 51.0 Å². The van der Waals surface area contributed by atoms with E-state index in [2.05, 4.69) is 43.4 Å². The molecule has 2 aliphatic rings. The maximum absolute atomic E-state index is 5.85. The molecule has 2 heteroatoms. The quantitative estimate of drug-likeness (QED) is 0.846. The molecular formula is C19H29NO. The van der Waals surface area contributed by atoms with Crippen molar-refractivity contribution in [2.75, 3.05) is 19.7 Å². The summed E-state index contributed by atoms with van der Waals surface area (Å²) >= 11 is 0. The molecule has 0 aromatic heterocycles. The molecule has 21 heavy (non-hydrogen) atoms. The van der Waals surface area contributed by atoms with Gasteiger partial charge < -0.3 is 10.1 Å². The first-order chi connectivity index (χ1) is 10.2. The van der Waals surface area contributed by atoms with Crippen LogP contribution in [0.3, 0.4) is 0 Å². The number of benzene rings is 1. The lowest BCUT2D eigenvalue weighted by Crippen LogP contribution is -2.29. The van der Waals surface area contributed by atoms with Gasteiger partial charge in [0.15, 0.2) is 0 Å². The summed E-state index contributed by atoms with van der Waals surface area (Å²) in [6, 6.07) is 8.60. The van der Waals surface area contributed by atoms with Crippen LogP contribution in [0.2, 0.25) is 0 Å². The van der Waals surface area contributed by atoms with Gasteiger partial charge in [-0.15, -0.1) is 0 Å². The lowest BCUT2D eigenvalue weighted by molar-refractivity contribution is 0.277. The minimum absolute atomic E-state index is 0.622. The predicted molar refractivity (Wildman–Crippen MR) is 87.8 cm³/mol. The van der Waals surface area contributed by atoms with Crippen molar-refractivity contribution < 1.29 is 4.74 Å². The van der Waals surface area contributed by atoms with E-state index in [0.29, 0.717) is 5.92 Å². The van der Waals surface area contributed by atoms with Gasteiger partial charge in [-0.2, -0.15) is 0 Å². The molecule has 1 aliphatic carbocycles. The maximum atomic E-state index is 5.85. The third-order valence-electron chi connectivity index (χ3n) is 5.16. The van der Waals surface area contributed by atoms with Crippen molar-refractivity contribution in [2.24, 2.45) is 17.8 Å². The van der Waals surface area contributed by atoms with Gasteiger partial charge in [0.05, 0.1) is 6.61 Å². The molecule has 0 spiro atoms. The highest BCUT2D eigenvalue weighted by Gasteiger charge is 2.32. The minimum atomic E-state index is 0.622. The minimum Gasteiger partial charge on any atom is -0.493 e. The number of ether oxygens (including phenoxy) is 1. The number of hydrogen-bond donors (Lipinski definition) is 1. The predicted octanol–water partition coefficient (Wildman–Crippen LogP) is 4.21. The van der Waals surface area contributed by atoms with Gasteiger partial charge >= 0.3 is 0 Å². The number of rotatable bonds is 6. The third-order valence-corrected chi connectivity index (χ3v) is 5.16. The van der Waals surface area contributed by atoms with Crippen LogP contribution in [0.15, 0.2) is 24.3 Å². The zero-order valence-electron chi connectivity index (χ0n) is 13.5. The van der Waals surface area contributed by atoms with Crippen LogP contribution in [0.5, 0.6) is 5.75 Å². The van der Waals surface area contributed by atoms with Crippen LogP contribution < -0.4 is 10.1 Å². The molecule has 1 aromatic rings. The third kappa shape index (κ3) is 3.60. The first kappa shape index (κ1) is 14.9. The summed E-state index contributed by atoms with van der Waals surface area (Å²) in [6.07, 6.45) is 5.54. The van der Waals surface area contributed by atoms with Crippen molar-refractivity contribution in [3.8, 4) is 5.75 Å². The van der Waals surface area contributed by atoms with Crippen molar-refractivity contribution >= 4 is 0 Å². The average molecular weight is 287 g/mol. The molecule has 3 unspecified atom stereocenters. The fraction of sp³-hybridized carbons (Fsp3) is 0.684. The highest BCUT2D eigenvalue weighted by molar-refractivity contribution is 5.39. The van der Waals surface area contributed by atoms with Crippen LogP contribution in [-0.4, -0.2) is 19.7 Å². The molecule has 3 atom stereocenters. The molecule has 0 bridgehead atoms. The summed E-state index contributed by atoms with van der Waals surface area (Å²) < 4.78 is 5.85. The Balaban J connectivity index is 1.55. The Morgan fingerprint density at radius 2 is 2.00 bits per heavy atom. The first-order valence-corrected chi connectivity index (χ1v) is 8.66.